The lowest BCUT2D eigenvalue weighted by Crippen LogP contribution is -2.15. The van der Waals surface area contributed by atoms with Crippen LogP contribution in [0.25, 0.3) is 0 Å². The zero-order valence-corrected chi connectivity index (χ0v) is 10.3. The summed E-state index contributed by atoms with van der Waals surface area (Å²) in [5, 5.41) is 2.43. The number of anilines is 2. The van der Waals surface area contributed by atoms with Crippen LogP contribution in [0.3, 0.4) is 0 Å². The molecule has 1 amide bonds. The van der Waals surface area contributed by atoms with E-state index in [1.165, 1.54) is 0 Å². The van der Waals surface area contributed by atoms with Crippen LogP contribution in [0.5, 0.6) is 0 Å². The van der Waals surface area contributed by atoms with E-state index in [2.05, 4.69) is 11.2 Å². The van der Waals surface area contributed by atoms with Crippen LogP contribution in [0.2, 0.25) is 0 Å². The van der Waals surface area contributed by atoms with Gasteiger partial charge < -0.3 is 11.1 Å². The Morgan fingerprint density at radius 3 is 2.70 bits per heavy atom. The summed E-state index contributed by atoms with van der Waals surface area (Å²) in [6, 6.07) is 8.03. The highest BCUT2D eigenvalue weighted by Gasteiger charge is 2.16. The topological polar surface area (TPSA) is 55.1 Å². The summed E-state index contributed by atoms with van der Waals surface area (Å²) in [6.07, 6.45) is 5.24. The monoisotopic (exact) mass is 272 g/mol. The number of halogens is 2. The van der Waals surface area contributed by atoms with Gasteiger partial charge in [0.05, 0.1) is 11.3 Å². The molecule has 0 saturated heterocycles. The van der Waals surface area contributed by atoms with Crippen LogP contribution in [0.1, 0.15) is 15.9 Å². The third-order valence-corrected chi connectivity index (χ3v) is 2.60. The molecule has 0 saturated carbocycles. The molecule has 0 aliphatic carbocycles. The van der Waals surface area contributed by atoms with Gasteiger partial charge in [0.25, 0.3) is 5.91 Å². The van der Waals surface area contributed by atoms with E-state index in [9.17, 15) is 13.6 Å². The minimum atomic E-state index is -0.961. The fourth-order valence-electron chi connectivity index (χ4n) is 1.66. The molecule has 0 atom stereocenters. The molecule has 2 aromatic carbocycles. The van der Waals surface area contributed by atoms with E-state index in [0.717, 1.165) is 12.1 Å². The van der Waals surface area contributed by atoms with Crippen molar-refractivity contribution in [3.05, 3.63) is 59.2 Å². The van der Waals surface area contributed by atoms with Gasteiger partial charge in [0.15, 0.2) is 5.82 Å². The molecular formula is C15H10F2N2O. The molecule has 20 heavy (non-hydrogen) atoms. The molecule has 2 aromatic rings. The van der Waals surface area contributed by atoms with Crippen molar-refractivity contribution < 1.29 is 13.6 Å². The number of carbonyl (C=O) groups excluding carboxylic acids is 1. The molecule has 0 unspecified atom stereocenters. The van der Waals surface area contributed by atoms with Crippen LogP contribution < -0.4 is 11.1 Å². The van der Waals surface area contributed by atoms with Gasteiger partial charge in [0, 0.05) is 11.3 Å². The summed E-state index contributed by atoms with van der Waals surface area (Å²) in [5.74, 6) is -0.145. The Hall–Kier alpha value is -2.87. The maximum absolute atomic E-state index is 13.7. The quantitative estimate of drug-likeness (QED) is 0.652. The van der Waals surface area contributed by atoms with E-state index < -0.39 is 28.8 Å². The van der Waals surface area contributed by atoms with Crippen LogP contribution in [-0.4, -0.2) is 5.91 Å². The van der Waals surface area contributed by atoms with E-state index in [-0.39, 0.29) is 0 Å². The number of nitrogens with two attached hydrogens (primary N) is 1. The second-order valence-electron chi connectivity index (χ2n) is 4.04. The summed E-state index contributed by atoms with van der Waals surface area (Å²) < 4.78 is 26.9. The van der Waals surface area contributed by atoms with Crippen molar-refractivity contribution in [1.82, 2.24) is 0 Å². The number of benzene rings is 2. The Morgan fingerprint density at radius 2 is 2.00 bits per heavy atom. The average Bonchev–Trinajstić information content (AvgIpc) is 2.43. The van der Waals surface area contributed by atoms with Gasteiger partial charge >= 0.3 is 0 Å². The third-order valence-electron chi connectivity index (χ3n) is 2.60. The molecule has 100 valence electrons. The van der Waals surface area contributed by atoms with Gasteiger partial charge in [-0.2, -0.15) is 0 Å². The van der Waals surface area contributed by atoms with Gasteiger partial charge in [-0.25, -0.2) is 8.78 Å². The highest BCUT2D eigenvalue weighted by atomic mass is 19.1. The first-order chi connectivity index (χ1) is 9.51. The van der Waals surface area contributed by atoms with Crippen LogP contribution in [0, 0.1) is 24.0 Å². The molecule has 2 rings (SSSR count). The Bertz CT molecular complexity index is 720. The number of carbonyl (C=O) groups is 1. The summed E-state index contributed by atoms with van der Waals surface area (Å²) in [6.45, 7) is 0. The largest absolute Gasteiger partial charge is 0.396 e. The number of nitrogen functional groups attached to an aromatic ring is 1. The van der Waals surface area contributed by atoms with Crippen molar-refractivity contribution in [1.29, 1.82) is 0 Å². The molecular weight excluding hydrogens is 262 g/mol. The van der Waals surface area contributed by atoms with Crippen molar-refractivity contribution in [2.75, 3.05) is 11.1 Å². The van der Waals surface area contributed by atoms with E-state index in [1.54, 1.807) is 24.3 Å². The molecule has 0 radical (unpaired) electrons. The van der Waals surface area contributed by atoms with E-state index >= 15 is 0 Å². The second kappa shape index (κ2) is 5.41. The number of hydrogen-bond donors (Lipinski definition) is 2. The summed E-state index contributed by atoms with van der Waals surface area (Å²) >= 11 is 0. The van der Waals surface area contributed by atoms with Gasteiger partial charge in [-0.1, -0.05) is 12.0 Å². The van der Waals surface area contributed by atoms with E-state index in [4.69, 9.17) is 12.2 Å². The highest BCUT2D eigenvalue weighted by Crippen LogP contribution is 2.19. The second-order valence-corrected chi connectivity index (χ2v) is 4.04. The SMILES string of the molecule is C#Cc1cccc(NC(=O)c2cc(F)cc(N)c2F)c1. The van der Waals surface area contributed by atoms with Crippen molar-refractivity contribution in [3.63, 3.8) is 0 Å². The number of hydrogen-bond acceptors (Lipinski definition) is 2. The van der Waals surface area contributed by atoms with Crippen molar-refractivity contribution in [2.24, 2.45) is 0 Å². The molecule has 0 fully saturated rings. The predicted molar refractivity (Wildman–Crippen MR) is 73.1 cm³/mol. The summed E-state index contributed by atoms with van der Waals surface area (Å²) in [4.78, 5) is 11.9. The van der Waals surface area contributed by atoms with Crippen molar-refractivity contribution >= 4 is 17.3 Å². The first kappa shape index (κ1) is 13.6. The van der Waals surface area contributed by atoms with Crippen molar-refractivity contribution in [2.45, 2.75) is 0 Å². The molecule has 0 heterocycles. The molecule has 3 nitrogen and oxygen atoms in total. The zero-order chi connectivity index (χ0) is 14.7. The van der Waals surface area contributed by atoms with Gasteiger partial charge in [0.1, 0.15) is 5.82 Å². The van der Waals surface area contributed by atoms with Gasteiger partial charge in [-0.05, 0) is 30.3 Å². The van der Waals surface area contributed by atoms with Crippen LogP contribution in [0.15, 0.2) is 36.4 Å². The van der Waals surface area contributed by atoms with E-state index in [1.807, 2.05) is 0 Å². The normalized spacial score (nSPS) is 9.85. The maximum Gasteiger partial charge on any atom is 0.258 e. The minimum Gasteiger partial charge on any atom is -0.396 e. The maximum atomic E-state index is 13.7. The Balaban J connectivity index is 2.31. The molecule has 5 heteroatoms. The standard InChI is InChI=1S/C15H10F2N2O/c1-2-9-4-3-5-11(6-9)19-15(20)12-7-10(16)8-13(18)14(12)17/h1,3-8H,18H2,(H,19,20). The van der Waals surface area contributed by atoms with E-state index in [0.29, 0.717) is 11.3 Å². The fraction of sp³-hybridized carbons (Fsp3) is 0. The van der Waals surface area contributed by atoms with Gasteiger partial charge in [-0.3, -0.25) is 4.79 Å². The number of nitrogens with one attached hydrogen (secondary N) is 1. The third kappa shape index (κ3) is 2.75. The number of rotatable bonds is 2. The molecule has 0 aliphatic heterocycles. The summed E-state index contributed by atoms with van der Waals surface area (Å²) in [5.41, 5.74) is 5.33. The lowest BCUT2D eigenvalue weighted by atomic mass is 10.1. The first-order valence-corrected chi connectivity index (χ1v) is 5.64. The molecule has 3 N–H and O–H groups in total. The average molecular weight is 272 g/mol. The minimum absolute atomic E-state index is 0.382. The molecule has 0 aromatic heterocycles. The zero-order valence-electron chi connectivity index (χ0n) is 10.3. The fourth-order valence-corrected chi connectivity index (χ4v) is 1.66. The number of amides is 1. The Kier molecular flexibility index (Phi) is 3.67. The van der Waals surface area contributed by atoms with Crippen LogP contribution in [-0.2, 0) is 0 Å². The lowest BCUT2D eigenvalue weighted by molar-refractivity contribution is 0.102. The molecule has 0 bridgehead atoms. The Morgan fingerprint density at radius 1 is 1.25 bits per heavy atom. The van der Waals surface area contributed by atoms with Gasteiger partial charge in [-0.15, -0.1) is 6.42 Å². The lowest BCUT2D eigenvalue weighted by Gasteiger charge is -2.08. The molecule has 0 aliphatic rings. The predicted octanol–water partition coefficient (Wildman–Crippen LogP) is 2.78. The summed E-state index contributed by atoms with van der Waals surface area (Å²) in [7, 11) is 0. The molecule has 0 spiro atoms. The first-order valence-electron chi connectivity index (χ1n) is 5.64. The van der Waals surface area contributed by atoms with Gasteiger partial charge in [0.2, 0.25) is 0 Å². The van der Waals surface area contributed by atoms with Crippen LogP contribution >= 0.6 is 0 Å². The Labute approximate surface area is 114 Å². The van der Waals surface area contributed by atoms with Crippen LogP contribution in [0.4, 0.5) is 20.2 Å². The number of terminal acetylenes is 1. The van der Waals surface area contributed by atoms with Crippen molar-refractivity contribution in [3.8, 4) is 12.3 Å². The highest BCUT2D eigenvalue weighted by molar-refractivity contribution is 6.05. The smallest absolute Gasteiger partial charge is 0.258 e.